The van der Waals surface area contributed by atoms with Crippen molar-refractivity contribution in [2.24, 2.45) is 0 Å². The second kappa shape index (κ2) is 5.50. The van der Waals surface area contributed by atoms with Crippen molar-refractivity contribution < 1.29 is 14.6 Å². The number of alkyl carbamates (subject to hydrolysis) is 1. The van der Waals surface area contributed by atoms with Gasteiger partial charge in [0, 0.05) is 6.42 Å². The number of hydrogen-bond donors (Lipinski definition) is 2. The van der Waals surface area contributed by atoms with Crippen molar-refractivity contribution in [3.8, 4) is 0 Å². The Labute approximate surface area is 99.9 Å². The fourth-order valence-corrected chi connectivity index (χ4v) is 1.70. The molecule has 0 saturated carbocycles. The molecule has 1 aromatic carbocycles. The van der Waals surface area contributed by atoms with E-state index in [0.717, 1.165) is 5.56 Å². The molecule has 1 aromatic rings. The van der Waals surface area contributed by atoms with Gasteiger partial charge in [-0.25, -0.2) is 4.79 Å². The molecular weight excluding hydrogens is 218 g/mol. The van der Waals surface area contributed by atoms with Gasteiger partial charge in [-0.05, 0) is 5.56 Å². The summed E-state index contributed by atoms with van der Waals surface area (Å²) in [5, 5.41) is 11.9. The van der Waals surface area contributed by atoms with Crippen LogP contribution in [-0.2, 0) is 11.3 Å². The molecule has 0 radical (unpaired) electrons. The van der Waals surface area contributed by atoms with Crippen LogP contribution < -0.4 is 5.32 Å². The minimum absolute atomic E-state index is 0.131. The molecule has 0 unspecified atom stereocenters. The number of amides is 1. The maximum absolute atomic E-state index is 11.4. The lowest BCUT2D eigenvalue weighted by atomic mass is 10.2. The fraction of sp³-hybridized carbons (Fsp3) is 0.308. The van der Waals surface area contributed by atoms with Gasteiger partial charge in [0.05, 0.1) is 12.1 Å². The Morgan fingerprint density at radius 2 is 2.12 bits per heavy atom. The predicted molar refractivity (Wildman–Crippen MR) is 63.3 cm³/mol. The van der Waals surface area contributed by atoms with Crippen molar-refractivity contribution in [1.29, 1.82) is 0 Å². The molecule has 0 heterocycles. The van der Waals surface area contributed by atoms with Crippen LogP contribution in [0.1, 0.15) is 12.0 Å². The summed E-state index contributed by atoms with van der Waals surface area (Å²) in [5.74, 6) is 0. The number of rotatable bonds is 3. The Balaban J connectivity index is 1.73. The lowest BCUT2D eigenvalue weighted by molar-refractivity contribution is 0.135. The fourth-order valence-electron chi connectivity index (χ4n) is 1.70. The molecule has 2 rings (SSSR count). The van der Waals surface area contributed by atoms with E-state index >= 15 is 0 Å². The van der Waals surface area contributed by atoms with Crippen molar-refractivity contribution in [3.05, 3.63) is 48.0 Å². The monoisotopic (exact) mass is 233 g/mol. The molecule has 2 atom stereocenters. The number of carbonyl (C=O) groups is 1. The van der Waals surface area contributed by atoms with Crippen molar-refractivity contribution in [3.63, 3.8) is 0 Å². The van der Waals surface area contributed by atoms with E-state index in [2.05, 4.69) is 5.32 Å². The standard InChI is InChI=1S/C13H15NO3/c15-12-7-6-11(8-12)14-13(16)17-9-10-4-2-1-3-5-10/h1-7,11-12,15H,8-9H2,(H,14,16)/t11-,12+/m1/s1. The third-order valence-corrected chi connectivity index (χ3v) is 2.58. The number of aliphatic hydroxyl groups excluding tert-OH is 1. The average Bonchev–Trinajstić information content (AvgIpc) is 2.73. The van der Waals surface area contributed by atoms with Gasteiger partial charge in [-0.2, -0.15) is 0 Å². The molecule has 0 aromatic heterocycles. The highest BCUT2D eigenvalue weighted by atomic mass is 16.5. The van der Waals surface area contributed by atoms with E-state index in [1.807, 2.05) is 30.3 Å². The van der Waals surface area contributed by atoms with Crippen molar-refractivity contribution in [2.45, 2.75) is 25.2 Å². The van der Waals surface area contributed by atoms with E-state index in [1.165, 1.54) is 0 Å². The normalized spacial score (nSPS) is 22.4. The molecule has 1 amide bonds. The average molecular weight is 233 g/mol. The molecule has 0 spiro atoms. The minimum Gasteiger partial charge on any atom is -0.445 e. The zero-order valence-electron chi connectivity index (χ0n) is 9.37. The van der Waals surface area contributed by atoms with Gasteiger partial charge in [-0.1, -0.05) is 42.5 Å². The highest BCUT2D eigenvalue weighted by Crippen LogP contribution is 2.10. The van der Waals surface area contributed by atoms with E-state index in [9.17, 15) is 9.90 Å². The van der Waals surface area contributed by atoms with Crippen LogP contribution in [0.4, 0.5) is 4.79 Å². The third kappa shape index (κ3) is 3.60. The molecule has 0 bridgehead atoms. The van der Waals surface area contributed by atoms with Crippen LogP contribution in [0.3, 0.4) is 0 Å². The molecule has 0 fully saturated rings. The van der Waals surface area contributed by atoms with E-state index in [-0.39, 0.29) is 12.6 Å². The summed E-state index contributed by atoms with van der Waals surface area (Å²) in [7, 11) is 0. The molecule has 0 aliphatic heterocycles. The van der Waals surface area contributed by atoms with Crippen LogP contribution in [0, 0.1) is 0 Å². The van der Waals surface area contributed by atoms with Gasteiger partial charge in [0.15, 0.2) is 0 Å². The van der Waals surface area contributed by atoms with Gasteiger partial charge in [0.25, 0.3) is 0 Å². The molecule has 17 heavy (non-hydrogen) atoms. The topological polar surface area (TPSA) is 58.6 Å². The first-order chi connectivity index (χ1) is 8.24. The lowest BCUT2D eigenvalue weighted by Gasteiger charge is -2.11. The Kier molecular flexibility index (Phi) is 3.77. The number of ether oxygens (including phenoxy) is 1. The highest BCUT2D eigenvalue weighted by molar-refractivity contribution is 5.68. The second-order valence-corrected chi connectivity index (χ2v) is 4.00. The summed E-state index contributed by atoms with van der Waals surface area (Å²) in [6.45, 7) is 0.256. The van der Waals surface area contributed by atoms with Crippen molar-refractivity contribution in [1.82, 2.24) is 5.32 Å². The van der Waals surface area contributed by atoms with Gasteiger partial charge in [-0.3, -0.25) is 0 Å². The molecule has 1 aliphatic rings. The zero-order chi connectivity index (χ0) is 12.1. The summed E-state index contributed by atoms with van der Waals surface area (Å²) in [6.07, 6.45) is 3.03. The van der Waals surface area contributed by atoms with Crippen LogP contribution in [0.25, 0.3) is 0 Å². The molecule has 90 valence electrons. The molecule has 0 saturated heterocycles. The maximum Gasteiger partial charge on any atom is 0.407 e. The maximum atomic E-state index is 11.4. The number of aliphatic hydroxyl groups is 1. The van der Waals surface area contributed by atoms with Gasteiger partial charge in [0.2, 0.25) is 0 Å². The number of nitrogens with one attached hydrogen (secondary N) is 1. The van der Waals surface area contributed by atoms with Crippen molar-refractivity contribution in [2.75, 3.05) is 0 Å². The Bertz CT molecular complexity index is 402. The molecule has 4 nitrogen and oxygen atoms in total. The van der Waals surface area contributed by atoms with E-state index < -0.39 is 12.2 Å². The summed E-state index contributed by atoms with van der Waals surface area (Å²) in [4.78, 5) is 11.4. The molecular formula is C13H15NO3. The van der Waals surface area contributed by atoms with E-state index in [0.29, 0.717) is 6.42 Å². The van der Waals surface area contributed by atoms with Crippen molar-refractivity contribution >= 4 is 6.09 Å². The van der Waals surface area contributed by atoms with Crippen LogP contribution in [0.5, 0.6) is 0 Å². The molecule has 4 heteroatoms. The second-order valence-electron chi connectivity index (χ2n) is 4.00. The smallest absolute Gasteiger partial charge is 0.407 e. The van der Waals surface area contributed by atoms with E-state index in [1.54, 1.807) is 12.2 Å². The van der Waals surface area contributed by atoms with E-state index in [4.69, 9.17) is 4.74 Å². The zero-order valence-corrected chi connectivity index (χ0v) is 9.37. The highest BCUT2D eigenvalue weighted by Gasteiger charge is 2.18. The molecule has 1 aliphatic carbocycles. The summed E-state index contributed by atoms with van der Waals surface area (Å²) < 4.78 is 5.06. The largest absolute Gasteiger partial charge is 0.445 e. The lowest BCUT2D eigenvalue weighted by Crippen LogP contribution is -2.33. The van der Waals surface area contributed by atoms with Gasteiger partial charge in [0.1, 0.15) is 6.61 Å². The molecule has 2 N–H and O–H groups in total. The van der Waals surface area contributed by atoms with Gasteiger partial charge >= 0.3 is 6.09 Å². The first-order valence-corrected chi connectivity index (χ1v) is 5.57. The van der Waals surface area contributed by atoms with Crippen LogP contribution >= 0.6 is 0 Å². The van der Waals surface area contributed by atoms with Gasteiger partial charge < -0.3 is 15.2 Å². The number of hydrogen-bond acceptors (Lipinski definition) is 3. The summed E-state index contributed by atoms with van der Waals surface area (Å²) >= 11 is 0. The Morgan fingerprint density at radius 1 is 1.35 bits per heavy atom. The first-order valence-electron chi connectivity index (χ1n) is 5.57. The summed E-state index contributed by atoms with van der Waals surface area (Å²) in [6, 6.07) is 9.36. The quantitative estimate of drug-likeness (QED) is 0.780. The minimum atomic E-state index is -0.463. The summed E-state index contributed by atoms with van der Waals surface area (Å²) in [5.41, 5.74) is 0.949. The first kappa shape index (κ1) is 11.7. The van der Waals surface area contributed by atoms with Crippen LogP contribution in [-0.4, -0.2) is 23.3 Å². The third-order valence-electron chi connectivity index (χ3n) is 2.58. The van der Waals surface area contributed by atoms with Crippen LogP contribution in [0.15, 0.2) is 42.5 Å². The number of carbonyl (C=O) groups excluding carboxylic acids is 1. The Morgan fingerprint density at radius 3 is 2.76 bits per heavy atom. The number of benzene rings is 1. The Hall–Kier alpha value is -1.81. The van der Waals surface area contributed by atoms with Gasteiger partial charge in [-0.15, -0.1) is 0 Å². The predicted octanol–water partition coefficient (Wildman–Crippen LogP) is 1.60. The SMILES string of the molecule is O=C(N[C@@H]1C=C[C@H](O)C1)OCc1ccccc1. The van der Waals surface area contributed by atoms with Crippen LogP contribution in [0.2, 0.25) is 0 Å².